The molecular formula is C10H18N2OS. The fourth-order valence-electron chi connectivity index (χ4n) is 1.72. The molecule has 0 aromatic carbocycles. The van der Waals surface area contributed by atoms with Crippen LogP contribution in [0.3, 0.4) is 0 Å². The summed E-state index contributed by atoms with van der Waals surface area (Å²) in [5.41, 5.74) is 0.201. The van der Waals surface area contributed by atoms with Crippen molar-refractivity contribution in [2.45, 2.75) is 44.9 Å². The molecule has 2 atom stereocenters. The van der Waals surface area contributed by atoms with Crippen molar-refractivity contribution < 1.29 is 4.74 Å². The zero-order valence-corrected chi connectivity index (χ0v) is 9.86. The van der Waals surface area contributed by atoms with E-state index in [1.54, 1.807) is 0 Å². The van der Waals surface area contributed by atoms with E-state index in [4.69, 9.17) is 9.73 Å². The molecule has 14 heavy (non-hydrogen) atoms. The number of hydrogen-bond donors (Lipinski definition) is 1. The van der Waals surface area contributed by atoms with Gasteiger partial charge in [0.1, 0.15) is 0 Å². The maximum Gasteiger partial charge on any atom is 0.157 e. The van der Waals surface area contributed by atoms with Gasteiger partial charge in [-0.15, -0.1) is 0 Å². The summed E-state index contributed by atoms with van der Waals surface area (Å²) in [5.74, 6) is 1.10. The van der Waals surface area contributed by atoms with Crippen molar-refractivity contribution in [3.63, 3.8) is 0 Å². The van der Waals surface area contributed by atoms with Crippen LogP contribution in [0.4, 0.5) is 0 Å². The van der Waals surface area contributed by atoms with Crippen LogP contribution in [-0.4, -0.2) is 35.2 Å². The molecule has 1 N–H and O–H groups in total. The fraction of sp³-hybridized carbons (Fsp3) is 0.900. The molecule has 0 aromatic heterocycles. The largest absolute Gasteiger partial charge is 0.376 e. The summed E-state index contributed by atoms with van der Waals surface area (Å²) in [6.07, 6.45) is 1.35. The van der Waals surface area contributed by atoms with Crippen LogP contribution in [0.5, 0.6) is 0 Å². The molecule has 0 amide bonds. The van der Waals surface area contributed by atoms with Crippen molar-refractivity contribution in [1.29, 1.82) is 0 Å². The summed E-state index contributed by atoms with van der Waals surface area (Å²) in [5, 5.41) is 4.53. The molecule has 80 valence electrons. The molecule has 0 bridgehead atoms. The van der Waals surface area contributed by atoms with Gasteiger partial charge in [0, 0.05) is 17.9 Å². The molecule has 4 heteroatoms. The minimum absolute atomic E-state index is 0.201. The zero-order chi connectivity index (χ0) is 10.2. The van der Waals surface area contributed by atoms with Crippen LogP contribution >= 0.6 is 11.8 Å². The molecule has 2 fully saturated rings. The fourth-order valence-corrected chi connectivity index (χ4v) is 2.85. The third-order valence-electron chi connectivity index (χ3n) is 2.63. The average molecular weight is 214 g/mol. The number of aliphatic imine (C=N–C) groups is 1. The van der Waals surface area contributed by atoms with Crippen molar-refractivity contribution in [1.82, 2.24) is 5.32 Å². The zero-order valence-electron chi connectivity index (χ0n) is 9.04. The summed E-state index contributed by atoms with van der Waals surface area (Å²) in [4.78, 5) is 4.70. The number of amidine groups is 1. The number of rotatable bonds is 1. The Morgan fingerprint density at radius 2 is 2.36 bits per heavy atom. The molecule has 2 saturated heterocycles. The molecule has 3 nitrogen and oxygen atoms in total. The van der Waals surface area contributed by atoms with Gasteiger partial charge in [0.2, 0.25) is 0 Å². The Morgan fingerprint density at radius 1 is 1.57 bits per heavy atom. The Kier molecular flexibility index (Phi) is 2.75. The lowest BCUT2D eigenvalue weighted by atomic mass is 10.1. The predicted octanol–water partition coefficient (Wildman–Crippen LogP) is 1.63. The predicted molar refractivity (Wildman–Crippen MR) is 60.9 cm³/mol. The lowest BCUT2D eigenvalue weighted by Gasteiger charge is -2.16. The minimum Gasteiger partial charge on any atom is -0.376 e. The Balaban J connectivity index is 1.98. The average Bonchev–Trinajstić information content (AvgIpc) is 2.61. The van der Waals surface area contributed by atoms with E-state index in [9.17, 15) is 0 Å². The van der Waals surface area contributed by atoms with Crippen LogP contribution in [-0.2, 0) is 4.74 Å². The standard InChI is InChI=1S/C10H18N2OS/c1-7-8(4-5-13-7)11-9-12-10(2,3)6-14-9/h7-8H,4-6H2,1-3H3,(H,11,12). The third-order valence-corrected chi connectivity index (χ3v) is 3.98. The molecule has 0 aromatic rings. The SMILES string of the molecule is CC1OCCC1N=C1NC(C)(C)CS1. The summed E-state index contributed by atoms with van der Waals surface area (Å²) < 4.78 is 5.48. The number of hydrogen-bond acceptors (Lipinski definition) is 3. The topological polar surface area (TPSA) is 33.6 Å². The van der Waals surface area contributed by atoms with E-state index in [1.165, 1.54) is 0 Å². The molecule has 0 spiro atoms. The molecule has 2 rings (SSSR count). The highest BCUT2D eigenvalue weighted by Crippen LogP contribution is 2.25. The van der Waals surface area contributed by atoms with E-state index in [0.29, 0.717) is 6.04 Å². The Bertz CT molecular complexity index is 253. The van der Waals surface area contributed by atoms with Crippen molar-refractivity contribution >= 4 is 16.9 Å². The quantitative estimate of drug-likeness (QED) is 0.720. The van der Waals surface area contributed by atoms with Crippen LogP contribution in [0.15, 0.2) is 4.99 Å². The van der Waals surface area contributed by atoms with E-state index < -0.39 is 0 Å². The normalized spacial score (nSPS) is 38.9. The van der Waals surface area contributed by atoms with E-state index in [0.717, 1.165) is 23.9 Å². The van der Waals surface area contributed by atoms with Gasteiger partial charge in [-0.05, 0) is 27.2 Å². The van der Waals surface area contributed by atoms with Gasteiger partial charge in [-0.1, -0.05) is 11.8 Å². The number of ether oxygens (including phenoxy) is 1. The summed E-state index contributed by atoms with van der Waals surface area (Å²) in [6, 6.07) is 0.360. The van der Waals surface area contributed by atoms with Gasteiger partial charge >= 0.3 is 0 Å². The van der Waals surface area contributed by atoms with Gasteiger partial charge in [-0.2, -0.15) is 0 Å². The van der Waals surface area contributed by atoms with Crippen LogP contribution in [0.2, 0.25) is 0 Å². The summed E-state index contributed by atoms with van der Waals surface area (Å²) in [7, 11) is 0. The molecular weight excluding hydrogens is 196 g/mol. The van der Waals surface area contributed by atoms with Crippen molar-refractivity contribution in [3.8, 4) is 0 Å². The maximum atomic E-state index is 5.48. The third kappa shape index (κ3) is 2.23. The lowest BCUT2D eigenvalue weighted by molar-refractivity contribution is 0.119. The highest BCUT2D eigenvalue weighted by Gasteiger charge is 2.30. The minimum atomic E-state index is 0.201. The van der Waals surface area contributed by atoms with E-state index in [2.05, 4.69) is 26.1 Å². The summed E-state index contributed by atoms with van der Waals surface area (Å²) in [6.45, 7) is 7.37. The highest BCUT2D eigenvalue weighted by atomic mass is 32.2. The van der Waals surface area contributed by atoms with Crippen LogP contribution in [0.25, 0.3) is 0 Å². The highest BCUT2D eigenvalue weighted by molar-refractivity contribution is 8.14. The summed E-state index contributed by atoms with van der Waals surface area (Å²) >= 11 is 1.82. The Hall–Kier alpha value is -0.220. The molecule has 0 aliphatic carbocycles. The van der Waals surface area contributed by atoms with Gasteiger partial charge in [0.15, 0.2) is 5.17 Å². The molecule has 0 saturated carbocycles. The van der Waals surface area contributed by atoms with Crippen LogP contribution < -0.4 is 5.32 Å². The van der Waals surface area contributed by atoms with Gasteiger partial charge in [-0.3, -0.25) is 4.99 Å². The first-order chi connectivity index (χ1) is 6.57. The molecule has 0 radical (unpaired) electrons. The second kappa shape index (κ2) is 3.74. The van der Waals surface area contributed by atoms with Gasteiger partial charge in [0.05, 0.1) is 12.1 Å². The van der Waals surface area contributed by atoms with Gasteiger partial charge < -0.3 is 10.1 Å². The first-order valence-corrected chi connectivity index (χ1v) is 6.16. The second-order valence-electron chi connectivity index (χ2n) is 4.66. The van der Waals surface area contributed by atoms with Crippen molar-refractivity contribution in [2.75, 3.05) is 12.4 Å². The monoisotopic (exact) mass is 214 g/mol. The first kappa shape index (κ1) is 10.3. The first-order valence-electron chi connectivity index (χ1n) is 5.17. The van der Waals surface area contributed by atoms with Crippen LogP contribution in [0, 0.1) is 0 Å². The Labute approximate surface area is 89.7 Å². The number of nitrogens with one attached hydrogen (secondary N) is 1. The van der Waals surface area contributed by atoms with Gasteiger partial charge in [0.25, 0.3) is 0 Å². The van der Waals surface area contributed by atoms with E-state index in [-0.39, 0.29) is 11.6 Å². The molecule has 2 aliphatic rings. The van der Waals surface area contributed by atoms with E-state index in [1.807, 2.05) is 11.8 Å². The molecule has 2 aliphatic heterocycles. The van der Waals surface area contributed by atoms with Crippen molar-refractivity contribution in [2.24, 2.45) is 4.99 Å². The van der Waals surface area contributed by atoms with Gasteiger partial charge in [-0.25, -0.2) is 0 Å². The molecule has 2 unspecified atom stereocenters. The van der Waals surface area contributed by atoms with E-state index >= 15 is 0 Å². The second-order valence-corrected chi connectivity index (χ2v) is 5.63. The van der Waals surface area contributed by atoms with Crippen molar-refractivity contribution in [3.05, 3.63) is 0 Å². The maximum absolute atomic E-state index is 5.48. The Morgan fingerprint density at radius 3 is 2.86 bits per heavy atom. The lowest BCUT2D eigenvalue weighted by Crippen LogP contribution is -2.37. The number of nitrogens with zero attached hydrogens (tertiary/aromatic N) is 1. The smallest absolute Gasteiger partial charge is 0.157 e. The number of thioether (sulfide) groups is 1. The molecule has 2 heterocycles. The van der Waals surface area contributed by atoms with Crippen LogP contribution in [0.1, 0.15) is 27.2 Å².